The molecule has 98 valence electrons. The van der Waals surface area contributed by atoms with Crippen molar-refractivity contribution in [3.8, 4) is 22.6 Å². The Morgan fingerprint density at radius 2 is 2.00 bits per heavy atom. The Morgan fingerprint density at radius 1 is 1.21 bits per heavy atom. The van der Waals surface area contributed by atoms with Crippen molar-refractivity contribution in [2.24, 2.45) is 0 Å². The van der Waals surface area contributed by atoms with Gasteiger partial charge in [0.15, 0.2) is 5.75 Å². The first-order valence-corrected chi connectivity index (χ1v) is 6.95. The number of hydrogen-bond acceptors (Lipinski definition) is 3. The molecule has 0 bridgehead atoms. The molecule has 1 aliphatic rings. The van der Waals surface area contributed by atoms with Crippen LogP contribution in [-0.2, 0) is 17.8 Å². The summed E-state index contributed by atoms with van der Waals surface area (Å²) in [5.41, 5.74) is 2.96. The molecule has 0 saturated carbocycles. The van der Waals surface area contributed by atoms with Gasteiger partial charge in [0.1, 0.15) is 5.75 Å². The number of nitrogens with one attached hydrogen (secondary N) is 1. The zero-order chi connectivity index (χ0) is 13.2. The zero-order valence-electron chi connectivity index (χ0n) is 10.4. The van der Waals surface area contributed by atoms with Crippen molar-refractivity contribution < 1.29 is 13.1 Å². The van der Waals surface area contributed by atoms with Crippen LogP contribution in [0.25, 0.3) is 11.1 Å². The summed E-state index contributed by atoms with van der Waals surface area (Å²) < 4.78 is 24.8. The molecule has 19 heavy (non-hydrogen) atoms. The Kier molecular flexibility index (Phi) is 3.23. The average Bonchev–Trinajstić information content (AvgIpc) is 2.47. The topological polar surface area (TPSA) is 47.6 Å². The van der Waals surface area contributed by atoms with Crippen LogP contribution in [0.3, 0.4) is 0 Å². The summed E-state index contributed by atoms with van der Waals surface area (Å²) >= 11 is -1.47. The van der Waals surface area contributed by atoms with E-state index >= 15 is 0 Å². The Labute approximate surface area is 114 Å². The molecule has 0 saturated heterocycles. The van der Waals surface area contributed by atoms with Crippen molar-refractivity contribution in [1.82, 2.24) is 4.72 Å². The van der Waals surface area contributed by atoms with Gasteiger partial charge in [-0.3, -0.25) is 0 Å². The van der Waals surface area contributed by atoms with Gasteiger partial charge in [0, 0.05) is 17.7 Å². The van der Waals surface area contributed by atoms with Crippen molar-refractivity contribution in [2.75, 3.05) is 7.11 Å². The first-order valence-electron chi connectivity index (χ1n) is 5.88. The summed E-state index contributed by atoms with van der Waals surface area (Å²) in [5.74, 6) is 1.49. The summed E-state index contributed by atoms with van der Waals surface area (Å²) in [5, 5.41) is 0. The van der Waals surface area contributed by atoms with Gasteiger partial charge in [0.25, 0.3) is 11.3 Å². The van der Waals surface area contributed by atoms with Crippen molar-refractivity contribution in [3.05, 3.63) is 48.0 Å². The average molecular weight is 275 g/mol. The highest BCUT2D eigenvalue weighted by molar-refractivity contribution is 7.78. The van der Waals surface area contributed by atoms with Gasteiger partial charge >= 0.3 is 0 Å². The molecule has 2 aromatic carbocycles. The molecule has 0 spiro atoms. The summed E-state index contributed by atoms with van der Waals surface area (Å²) in [6, 6.07) is 13.6. The van der Waals surface area contributed by atoms with Crippen molar-refractivity contribution in [3.63, 3.8) is 0 Å². The van der Waals surface area contributed by atoms with Gasteiger partial charge in [0.2, 0.25) is 0 Å². The Morgan fingerprint density at radius 3 is 2.74 bits per heavy atom. The van der Waals surface area contributed by atoms with Gasteiger partial charge in [-0.2, -0.15) is 8.93 Å². The Balaban J connectivity index is 2.07. The fourth-order valence-corrected chi connectivity index (χ4v) is 2.74. The maximum absolute atomic E-state index is 11.5. The summed E-state index contributed by atoms with van der Waals surface area (Å²) in [6.07, 6.45) is 0. The van der Waals surface area contributed by atoms with Crippen LogP contribution in [0.5, 0.6) is 11.5 Å². The molecule has 0 fully saturated rings. The smallest absolute Gasteiger partial charge is 0.288 e. The molecule has 2 aromatic rings. The molecule has 5 heteroatoms. The molecule has 0 aliphatic carbocycles. The fraction of sp³-hybridized carbons (Fsp3) is 0.143. The predicted octanol–water partition coefficient (Wildman–Crippen LogP) is 2.42. The lowest BCUT2D eigenvalue weighted by molar-refractivity contribution is 0.415. The molecule has 1 aliphatic heterocycles. The van der Waals surface area contributed by atoms with E-state index in [1.54, 1.807) is 7.11 Å². The molecular formula is C14H13NO3S. The van der Waals surface area contributed by atoms with Crippen LogP contribution in [0.15, 0.2) is 42.5 Å². The predicted molar refractivity (Wildman–Crippen MR) is 74.0 cm³/mol. The quantitative estimate of drug-likeness (QED) is 0.915. The van der Waals surface area contributed by atoms with Crippen LogP contribution in [-0.4, -0.2) is 11.3 Å². The summed E-state index contributed by atoms with van der Waals surface area (Å²) in [6.45, 7) is 0.548. The number of para-hydroxylation sites is 1. The third-order valence-electron chi connectivity index (χ3n) is 3.04. The third kappa shape index (κ3) is 2.34. The standard InChI is InChI=1S/C14H13NO3S/c1-17-12-7-5-10(6-8-12)13-4-2-3-11-9-15-19(16)18-14(11)13/h2-8,15H,9H2,1H3. The summed E-state index contributed by atoms with van der Waals surface area (Å²) in [7, 11) is 1.64. The van der Waals surface area contributed by atoms with E-state index in [-0.39, 0.29) is 0 Å². The minimum absolute atomic E-state index is 0.548. The molecule has 4 nitrogen and oxygen atoms in total. The van der Waals surface area contributed by atoms with Crippen LogP contribution in [0.2, 0.25) is 0 Å². The van der Waals surface area contributed by atoms with Crippen LogP contribution in [0, 0.1) is 0 Å². The van der Waals surface area contributed by atoms with Gasteiger partial charge in [-0.25, -0.2) is 0 Å². The highest BCUT2D eigenvalue weighted by atomic mass is 32.2. The maximum Gasteiger partial charge on any atom is 0.288 e. The Hall–Kier alpha value is -1.85. The van der Waals surface area contributed by atoms with E-state index < -0.39 is 11.3 Å². The lowest BCUT2D eigenvalue weighted by atomic mass is 10.0. The third-order valence-corrected chi connectivity index (χ3v) is 3.74. The minimum Gasteiger partial charge on any atom is -0.497 e. The summed E-state index contributed by atoms with van der Waals surface area (Å²) in [4.78, 5) is 0. The highest BCUT2D eigenvalue weighted by Crippen LogP contribution is 2.35. The maximum atomic E-state index is 11.5. The lowest BCUT2D eigenvalue weighted by Crippen LogP contribution is -2.26. The van der Waals surface area contributed by atoms with Gasteiger partial charge in [0.05, 0.1) is 7.11 Å². The molecule has 3 rings (SSSR count). The van der Waals surface area contributed by atoms with Gasteiger partial charge in [-0.05, 0) is 17.7 Å². The van der Waals surface area contributed by atoms with Crippen LogP contribution in [0.1, 0.15) is 5.56 Å². The number of ether oxygens (including phenoxy) is 1. The molecule has 0 radical (unpaired) electrons. The number of rotatable bonds is 2. The van der Waals surface area contributed by atoms with E-state index in [0.29, 0.717) is 12.3 Å². The molecule has 1 N–H and O–H groups in total. The lowest BCUT2D eigenvalue weighted by Gasteiger charge is -2.19. The largest absolute Gasteiger partial charge is 0.497 e. The molecule has 0 amide bonds. The first-order chi connectivity index (χ1) is 9.28. The van der Waals surface area contributed by atoms with Crippen LogP contribution >= 0.6 is 0 Å². The van der Waals surface area contributed by atoms with E-state index in [1.807, 2.05) is 42.5 Å². The number of methoxy groups -OCH3 is 1. The molecule has 1 heterocycles. The zero-order valence-corrected chi connectivity index (χ0v) is 11.2. The van der Waals surface area contributed by atoms with E-state index in [0.717, 1.165) is 22.4 Å². The second-order valence-corrected chi connectivity index (χ2v) is 5.09. The SMILES string of the molecule is COc1ccc(-c2cccc3c2OS(=O)NC3)cc1. The van der Waals surface area contributed by atoms with Crippen molar-refractivity contribution in [1.29, 1.82) is 0 Å². The van der Waals surface area contributed by atoms with E-state index in [4.69, 9.17) is 8.92 Å². The normalized spacial score (nSPS) is 17.4. The minimum atomic E-state index is -1.47. The number of fused-ring (bicyclic) bond motifs is 1. The van der Waals surface area contributed by atoms with E-state index in [2.05, 4.69) is 4.72 Å². The second kappa shape index (κ2) is 5.03. The van der Waals surface area contributed by atoms with Crippen molar-refractivity contribution in [2.45, 2.75) is 6.54 Å². The van der Waals surface area contributed by atoms with Crippen molar-refractivity contribution >= 4 is 11.3 Å². The molecule has 1 atom stereocenters. The van der Waals surface area contributed by atoms with E-state index in [9.17, 15) is 4.21 Å². The molecular weight excluding hydrogens is 262 g/mol. The first kappa shape index (κ1) is 12.2. The molecule has 0 aromatic heterocycles. The monoisotopic (exact) mass is 275 g/mol. The van der Waals surface area contributed by atoms with Gasteiger partial charge < -0.3 is 8.92 Å². The second-order valence-electron chi connectivity index (χ2n) is 4.16. The van der Waals surface area contributed by atoms with E-state index in [1.165, 1.54) is 0 Å². The molecule has 1 unspecified atom stereocenters. The van der Waals surface area contributed by atoms with Crippen LogP contribution in [0.4, 0.5) is 0 Å². The number of hydrogen-bond donors (Lipinski definition) is 1. The van der Waals surface area contributed by atoms with Crippen LogP contribution < -0.4 is 13.6 Å². The fourth-order valence-electron chi connectivity index (χ4n) is 2.06. The van der Waals surface area contributed by atoms with Gasteiger partial charge in [-0.1, -0.05) is 30.3 Å². The Bertz CT molecular complexity index is 625. The number of benzene rings is 2. The van der Waals surface area contributed by atoms with Gasteiger partial charge in [-0.15, -0.1) is 0 Å². The highest BCUT2D eigenvalue weighted by Gasteiger charge is 2.19.